The normalized spacial score (nSPS) is 10.4. The van der Waals surface area contributed by atoms with Gasteiger partial charge in [0.15, 0.2) is 0 Å². The predicted molar refractivity (Wildman–Crippen MR) is 107 cm³/mol. The van der Waals surface area contributed by atoms with Crippen LogP contribution in [-0.4, -0.2) is 17.0 Å². The third-order valence-electron chi connectivity index (χ3n) is 4.00. The standard InChI is InChI=1S/C21H15Cl2NO3/c22-18-11-16(17(21(26)27)12-19(18)23)20(25)24-15-8-6-14(7-9-15)10-13-4-2-1-3-5-13/h1-9,11-12H,10H2,(H,24,25)(H,26,27). The van der Waals surface area contributed by atoms with Gasteiger partial charge in [0.25, 0.3) is 5.91 Å². The Kier molecular flexibility index (Phi) is 5.79. The molecule has 136 valence electrons. The molecule has 3 aromatic carbocycles. The van der Waals surface area contributed by atoms with Crippen molar-refractivity contribution in [2.75, 3.05) is 5.32 Å². The number of halogens is 2. The number of amides is 1. The van der Waals surface area contributed by atoms with Crippen molar-refractivity contribution in [1.82, 2.24) is 0 Å². The predicted octanol–water partition coefficient (Wildman–Crippen LogP) is 5.53. The van der Waals surface area contributed by atoms with Crippen molar-refractivity contribution < 1.29 is 14.7 Å². The summed E-state index contributed by atoms with van der Waals surface area (Å²) in [5, 5.41) is 12.2. The average Bonchev–Trinajstić information content (AvgIpc) is 2.66. The fourth-order valence-corrected chi connectivity index (χ4v) is 2.97. The molecule has 0 aliphatic rings. The zero-order valence-corrected chi connectivity index (χ0v) is 15.6. The van der Waals surface area contributed by atoms with Gasteiger partial charge < -0.3 is 10.4 Å². The first-order valence-electron chi connectivity index (χ1n) is 8.10. The van der Waals surface area contributed by atoms with Crippen molar-refractivity contribution in [3.63, 3.8) is 0 Å². The highest BCUT2D eigenvalue weighted by Crippen LogP contribution is 2.27. The minimum atomic E-state index is -1.25. The second kappa shape index (κ2) is 8.25. The van der Waals surface area contributed by atoms with E-state index >= 15 is 0 Å². The molecule has 2 N–H and O–H groups in total. The van der Waals surface area contributed by atoms with E-state index in [2.05, 4.69) is 5.32 Å². The summed E-state index contributed by atoms with van der Waals surface area (Å²) in [6, 6.07) is 19.8. The number of carboxylic acid groups (broad SMARTS) is 1. The van der Waals surface area contributed by atoms with E-state index in [4.69, 9.17) is 23.2 Å². The van der Waals surface area contributed by atoms with Crippen molar-refractivity contribution in [3.8, 4) is 0 Å². The second-order valence-electron chi connectivity index (χ2n) is 5.93. The van der Waals surface area contributed by atoms with E-state index in [9.17, 15) is 14.7 Å². The van der Waals surface area contributed by atoms with Crippen LogP contribution in [0, 0.1) is 0 Å². The fraction of sp³-hybridized carbons (Fsp3) is 0.0476. The molecular formula is C21H15Cl2NO3. The van der Waals surface area contributed by atoms with Crippen LogP contribution in [-0.2, 0) is 6.42 Å². The van der Waals surface area contributed by atoms with Crippen molar-refractivity contribution in [1.29, 1.82) is 0 Å². The Balaban J connectivity index is 1.77. The first-order chi connectivity index (χ1) is 12.9. The summed E-state index contributed by atoms with van der Waals surface area (Å²) in [6.45, 7) is 0. The number of hydrogen-bond acceptors (Lipinski definition) is 2. The number of carboxylic acids is 1. The van der Waals surface area contributed by atoms with E-state index < -0.39 is 11.9 Å². The summed E-state index contributed by atoms with van der Waals surface area (Å²) >= 11 is 11.8. The monoisotopic (exact) mass is 399 g/mol. The molecule has 6 heteroatoms. The maximum atomic E-state index is 12.5. The molecule has 0 bridgehead atoms. The minimum Gasteiger partial charge on any atom is -0.478 e. The molecule has 0 radical (unpaired) electrons. The number of hydrogen-bond donors (Lipinski definition) is 2. The Hall–Kier alpha value is -2.82. The van der Waals surface area contributed by atoms with Gasteiger partial charge in [-0.25, -0.2) is 4.79 Å². The highest BCUT2D eigenvalue weighted by Gasteiger charge is 2.19. The van der Waals surface area contributed by atoms with E-state index in [0.29, 0.717) is 5.69 Å². The quantitative estimate of drug-likeness (QED) is 0.592. The van der Waals surface area contributed by atoms with Crippen LogP contribution in [0.5, 0.6) is 0 Å². The minimum absolute atomic E-state index is 0.0507. The topological polar surface area (TPSA) is 66.4 Å². The van der Waals surface area contributed by atoms with Gasteiger partial charge in [-0.1, -0.05) is 65.7 Å². The van der Waals surface area contributed by atoms with Crippen molar-refractivity contribution in [3.05, 3.63) is 99.0 Å². The van der Waals surface area contributed by atoms with Crippen LogP contribution in [0.1, 0.15) is 31.8 Å². The number of benzene rings is 3. The summed E-state index contributed by atoms with van der Waals surface area (Å²) in [4.78, 5) is 23.9. The molecule has 0 fully saturated rings. The second-order valence-corrected chi connectivity index (χ2v) is 6.74. The Bertz CT molecular complexity index is 986. The summed E-state index contributed by atoms with van der Waals surface area (Å²) < 4.78 is 0. The lowest BCUT2D eigenvalue weighted by atomic mass is 10.0. The molecular weight excluding hydrogens is 385 g/mol. The number of nitrogens with one attached hydrogen (secondary N) is 1. The molecule has 3 rings (SSSR count). The Morgan fingerprint density at radius 2 is 1.37 bits per heavy atom. The van der Waals surface area contributed by atoms with Crippen LogP contribution in [0.15, 0.2) is 66.7 Å². The lowest BCUT2D eigenvalue weighted by Crippen LogP contribution is -2.16. The van der Waals surface area contributed by atoms with Crippen LogP contribution in [0.3, 0.4) is 0 Å². The van der Waals surface area contributed by atoms with E-state index in [1.807, 2.05) is 42.5 Å². The molecule has 0 aliphatic heterocycles. The molecule has 0 atom stereocenters. The molecule has 0 spiro atoms. The SMILES string of the molecule is O=C(O)c1cc(Cl)c(Cl)cc1C(=O)Nc1ccc(Cc2ccccc2)cc1. The molecule has 0 unspecified atom stereocenters. The van der Waals surface area contributed by atoms with Gasteiger partial charge in [0, 0.05) is 5.69 Å². The first-order valence-corrected chi connectivity index (χ1v) is 8.86. The van der Waals surface area contributed by atoms with Gasteiger partial charge in [-0.05, 0) is 41.8 Å². The van der Waals surface area contributed by atoms with E-state index in [0.717, 1.165) is 12.0 Å². The third kappa shape index (κ3) is 4.67. The zero-order chi connectivity index (χ0) is 19.4. The number of carbonyl (C=O) groups is 2. The summed E-state index contributed by atoms with van der Waals surface area (Å²) in [7, 11) is 0. The Labute approximate surface area is 166 Å². The van der Waals surface area contributed by atoms with Gasteiger partial charge in [-0.15, -0.1) is 0 Å². The van der Waals surface area contributed by atoms with Gasteiger partial charge in [0.2, 0.25) is 0 Å². The van der Waals surface area contributed by atoms with Gasteiger partial charge in [-0.3, -0.25) is 4.79 Å². The van der Waals surface area contributed by atoms with Crippen LogP contribution in [0.4, 0.5) is 5.69 Å². The van der Waals surface area contributed by atoms with Crippen molar-refractivity contribution in [2.24, 2.45) is 0 Å². The van der Waals surface area contributed by atoms with E-state index in [1.54, 1.807) is 12.1 Å². The third-order valence-corrected chi connectivity index (χ3v) is 4.72. The molecule has 0 aliphatic carbocycles. The highest BCUT2D eigenvalue weighted by molar-refractivity contribution is 6.42. The summed E-state index contributed by atoms with van der Waals surface area (Å²) in [5.41, 5.74) is 2.59. The van der Waals surface area contributed by atoms with Gasteiger partial charge >= 0.3 is 5.97 Å². The van der Waals surface area contributed by atoms with Crippen LogP contribution >= 0.6 is 23.2 Å². The van der Waals surface area contributed by atoms with Crippen molar-refractivity contribution >= 4 is 40.8 Å². The molecule has 1 amide bonds. The Morgan fingerprint density at radius 1 is 0.815 bits per heavy atom. The number of rotatable bonds is 5. The number of carbonyl (C=O) groups excluding carboxylic acids is 1. The fourth-order valence-electron chi connectivity index (χ4n) is 2.65. The van der Waals surface area contributed by atoms with Gasteiger partial charge in [0.05, 0.1) is 21.2 Å². The largest absolute Gasteiger partial charge is 0.478 e. The lowest BCUT2D eigenvalue weighted by Gasteiger charge is -2.10. The molecule has 0 saturated carbocycles. The lowest BCUT2D eigenvalue weighted by molar-refractivity contribution is 0.0692. The van der Waals surface area contributed by atoms with Gasteiger partial charge in [-0.2, -0.15) is 0 Å². The molecule has 3 aromatic rings. The summed E-state index contributed by atoms with van der Waals surface area (Å²) in [6.07, 6.45) is 0.783. The summed E-state index contributed by atoms with van der Waals surface area (Å²) in [5.74, 6) is -1.82. The smallest absolute Gasteiger partial charge is 0.336 e. The molecule has 0 aromatic heterocycles. The van der Waals surface area contributed by atoms with Crippen LogP contribution < -0.4 is 5.32 Å². The zero-order valence-electron chi connectivity index (χ0n) is 14.1. The maximum Gasteiger partial charge on any atom is 0.336 e. The van der Waals surface area contributed by atoms with Crippen molar-refractivity contribution in [2.45, 2.75) is 6.42 Å². The molecule has 4 nitrogen and oxygen atoms in total. The molecule has 0 heterocycles. The number of anilines is 1. The van der Waals surface area contributed by atoms with E-state index in [1.165, 1.54) is 17.7 Å². The first kappa shape index (κ1) is 19.0. The average molecular weight is 400 g/mol. The Morgan fingerprint density at radius 3 is 1.96 bits per heavy atom. The molecule has 27 heavy (non-hydrogen) atoms. The number of aromatic carboxylic acids is 1. The highest BCUT2D eigenvalue weighted by atomic mass is 35.5. The van der Waals surface area contributed by atoms with Crippen LogP contribution in [0.25, 0.3) is 0 Å². The van der Waals surface area contributed by atoms with Crippen LogP contribution in [0.2, 0.25) is 10.0 Å². The maximum absolute atomic E-state index is 12.5. The molecule has 0 saturated heterocycles. The van der Waals surface area contributed by atoms with E-state index in [-0.39, 0.29) is 21.2 Å². The van der Waals surface area contributed by atoms with Gasteiger partial charge in [0.1, 0.15) is 0 Å².